The maximum atomic E-state index is 13.0. The summed E-state index contributed by atoms with van der Waals surface area (Å²) in [6.45, 7) is 2.78. The van der Waals surface area contributed by atoms with Gasteiger partial charge >= 0.3 is 0 Å². The zero-order valence-electron chi connectivity index (χ0n) is 10.8. The molecule has 2 heterocycles. The molecule has 2 rings (SSSR count). The molecule has 1 N–H and O–H groups in total. The summed E-state index contributed by atoms with van der Waals surface area (Å²) >= 11 is 5.80. The van der Waals surface area contributed by atoms with Crippen LogP contribution >= 0.6 is 11.6 Å². The van der Waals surface area contributed by atoms with Gasteiger partial charge in [0, 0.05) is 18.3 Å². The molecule has 1 aliphatic heterocycles. The average Bonchev–Trinajstić information content (AvgIpc) is 2.80. The zero-order chi connectivity index (χ0) is 15.1. The molecule has 6 nitrogen and oxygen atoms in total. The molecular formula is C11H13ClF2N4O2. The van der Waals surface area contributed by atoms with Crippen LogP contribution in [-0.4, -0.2) is 43.7 Å². The second-order valence-electron chi connectivity index (χ2n) is 4.66. The van der Waals surface area contributed by atoms with Crippen LogP contribution in [0.25, 0.3) is 0 Å². The van der Waals surface area contributed by atoms with Gasteiger partial charge in [0.1, 0.15) is 6.54 Å². The Hall–Kier alpha value is -1.54. The third-order valence-electron chi connectivity index (χ3n) is 2.92. The van der Waals surface area contributed by atoms with Gasteiger partial charge in [-0.05, 0) is 13.8 Å². The Labute approximate surface area is 118 Å². The van der Waals surface area contributed by atoms with Crippen molar-refractivity contribution in [1.82, 2.24) is 14.8 Å². The average molecular weight is 307 g/mol. The van der Waals surface area contributed by atoms with E-state index in [1.165, 1.54) is 17.8 Å². The van der Waals surface area contributed by atoms with Gasteiger partial charge in [0.15, 0.2) is 0 Å². The van der Waals surface area contributed by atoms with Crippen molar-refractivity contribution < 1.29 is 18.7 Å². The summed E-state index contributed by atoms with van der Waals surface area (Å²) in [4.78, 5) is 12.0. The van der Waals surface area contributed by atoms with Gasteiger partial charge < -0.3 is 5.11 Å². The number of rotatable bonds is 3. The van der Waals surface area contributed by atoms with Crippen LogP contribution in [0, 0.1) is 6.92 Å². The van der Waals surface area contributed by atoms with Crippen LogP contribution in [0.5, 0.6) is 0 Å². The fourth-order valence-corrected chi connectivity index (χ4v) is 2.12. The first kappa shape index (κ1) is 14.9. The van der Waals surface area contributed by atoms with Crippen LogP contribution in [0.2, 0.25) is 5.02 Å². The van der Waals surface area contributed by atoms with E-state index in [9.17, 15) is 18.7 Å². The van der Waals surface area contributed by atoms with E-state index >= 15 is 0 Å². The Kier molecular flexibility index (Phi) is 3.79. The van der Waals surface area contributed by atoms with E-state index in [0.717, 1.165) is 0 Å². The fraction of sp³-hybridized carbons (Fsp3) is 0.545. The number of carbonyl (C=O) groups is 1. The van der Waals surface area contributed by atoms with Gasteiger partial charge in [0.05, 0.1) is 10.7 Å². The van der Waals surface area contributed by atoms with Crippen molar-refractivity contribution in [1.29, 1.82) is 0 Å². The first-order valence-electron chi connectivity index (χ1n) is 5.81. The number of hydrogen-bond acceptors (Lipinski definition) is 4. The van der Waals surface area contributed by atoms with Crippen molar-refractivity contribution in [2.45, 2.75) is 39.0 Å². The summed E-state index contributed by atoms with van der Waals surface area (Å²) in [6, 6.07) is 0. The van der Waals surface area contributed by atoms with Crippen molar-refractivity contribution in [3.8, 4) is 0 Å². The molecule has 1 aromatic heterocycles. The van der Waals surface area contributed by atoms with Crippen LogP contribution in [-0.2, 0) is 11.3 Å². The second-order valence-corrected chi connectivity index (χ2v) is 5.06. The molecule has 0 aliphatic carbocycles. The first-order valence-corrected chi connectivity index (χ1v) is 6.19. The Morgan fingerprint density at radius 3 is 2.75 bits per heavy atom. The van der Waals surface area contributed by atoms with Gasteiger partial charge in [-0.2, -0.15) is 15.2 Å². The summed E-state index contributed by atoms with van der Waals surface area (Å²) in [7, 11) is 0. The lowest BCUT2D eigenvalue weighted by Gasteiger charge is -2.29. The number of aliphatic hydroxyl groups is 1. The highest BCUT2D eigenvalue weighted by Crippen LogP contribution is 2.31. The number of hydrogen-bond donors (Lipinski definition) is 1. The van der Waals surface area contributed by atoms with Crippen LogP contribution in [0.4, 0.5) is 8.78 Å². The minimum atomic E-state index is -3.12. The van der Waals surface area contributed by atoms with Crippen LogP contribution in [0.15, 0.2) is 11.3 Å². The largest absolute Gasteiger partial charge is 0.364 e. The minimum absolute atomic E-state index is 0.260. The number of aromatic nitrogens is 2. The quantitative estimate of drug-likeness (QED) is 0.918. The van der Waals surface area contributed by atoms with E-state index in [4.69, 9.17) is 11.6 Å². The molecule has 1 aliphatic rings. The van der Waals surface area contributed by atoms with Crippen molar-refractivity contribution in [3.63, 3.8) is 0 Å². The highest BCUT2D eigenvalue weighted by molar-refractivity contribution is 6.31. The van der Waals surface area contributed by atoms with E-state index in [-0.39, 0.29) is 18.7 Å². The van der Waals surface area contributed by atoms with Crippen LogP contribution < -0.4 is 0 Å². The van der Waals surface area contributed by atoms with Gasteiger partial charge in [-0.3, -0.25) is 9.48 Å². The fourth-order valence-electron chi connectivity index (χ4n) is 1.97. The second kappa shape index (κ2) is 5.10. The third-order valence-corrected chi connectivity index (χ3v) is 3.29. The number of hydrazone groups is 1. The van der Waals surface area contributed by atoms with Gasteiger partial charge in [0.2, 0.25) is 5.72 Å². The SMILES string of the molecule is CC1=NN(C(=O)Cn2cc(Cl)c(C)n2)[C@](O)(C(F)F)C1. The Morgan fingerprint density at radius 1 is 1.60 bits per heavy atom. The van der Waals surface area contributed by atoms with Gasteiger partial charge in [-0.1, -0.05) is 11.6 Å². The summed E-state index contributed by atoms with van der Waals surface area (Å²) in [6.07, 6.45) is -2.09. The van der Waals surface area contributed by atoms with Crippen LogP contribution in [0.1, 0.15) is 19.0 Å². The minimum Gasteiger partial charge on any atom is -0.364 e. The number of alkyl halides is 2. The number of carbonyl (C=O) groups excluding carboxylic acids is 1. The Morgan fingerprint density at radius 2 is 2.25 bits per heavy atom. The molecular weight excluding hydrogens is 294 g/mol. The molecule has 0 fully saturated rings. The summed E-state index contributed by atoms with van der Waals surface area (Å²) in [5.74, 6) is -0.788. The summed E-state index contributed by atoms with van der Waals surface area (Å²) in [5, 5.41) is 18.3. The van der Waals surface area contributed by atoms with E-state index in [2.05, 4.69) is 10.2 Å². The molecule has 20 heavy (non-hydrogen) atoms. The molecule has 110 valence electrons. The standard InChI is InChI=1S/C11H13ClF2N4O2/c1-6-3-11(20,10(13)14)18(15-6)9(19)5-17-4-8(12)7(2)16-17/h4,10,20H,3,5H2,1-2H3/t11-/m1/s1. The zero-order valence-corrected chi connectivity index (χ0v) is 11.6. The molecule has 0 saturated heterocycles. The monoisotopic (exact) mass is 306 g/mol. The molecule has 0 bridgehead atoms. The molecule has 0 radical (unpaired) electrons. The van der Waals surface area contributed by atoms with Crippen molar-refractivity contribution in [2.24, 2.45) is 5.10 Å². The third kappa shape index (κ3) is 2.53. The van der Waals surface area contributed by atoms with E-state index in [0.29, 0.717) is 15.7 Å². The predicted molar refractivity (Wildman–Crippen MR) is 67.5 cm³/mol. The van der Waals surface area contributed by atoms with Gasteiger partial charge in [-0.25, -0.2) is 8.78 Å². The van der Waals surface area contributed by atoms with Crippen LogP contribution in [0.3, 0.4) is 0 Å². The molecule has 0 spiro atoms. The summed E-state index contributed by atoms with van der Waals surface area (Å²) < 4.78 is 27.1. The normalized spacial score (nSPS) is 22.6. The molecule has 9 heteroatoms. The van der Waals surface area contributed by atoms with Crippen molar-refractivity contribution >= 4 is 23.2 Å². The topological polar surface area (TPSA) is 70.7 Å². The van der Waals surface area contributed by atoms with Gasteiger partial charge in [-0.15, -0.1) is 0 Å². The smallest absolute Gasteiger partial charge is 0.287 e. The predicted octanol–water partition coefficient (Wildman–Crippen LogP) is 1.41. The summed E-state index contributed by atoms with van der Waals surface area (Å²) in [5.41, 5.74) is -1.81. The molecule has 0 saturated carbocycles. The molecule has 0 aromatic carbocycles. The number of nitrogens with zero attached hydrogens (tertiary/aromatic N) is 4. The highest BCUT2D eigenvalue weighted by atomic mass is 35.5. The molecule has 1 aromatic rings. The van der Waals surface area contributed by atoms with Gasteiger partial charge in [0.25, 0.3) is 12.3 Å². The maximum absolute atomic E-state index is 13.0. The lowest BCUT2D eigenvalue weighted by Crippen LogP contribution is -2.52. The maximum Gasteiger partial charge on any atom is 0.287 e. The number of aryl methyl sites for hydroxylation is 1. The lowest BCUT2D eigenvalue weighted by atomic mass is 10.1. The van der Waals surface area contributed by atoms with E-state index in [1.54, 1.807) is 6.92 Å². The Balaban J connectivity index is 2.19. The number of amides is 1. The lowest BCUT2D eigenvalue weighted by molar-refractivity contribution is -0.192. The highest BCUT2D eigenvalue weighted by Gasteiger charge is 2.50. The van der Waals surface area contributed by atoms with E-state index < -0.39 is 18.1 Å². The molecule has 1 atom stereocenters. The van der Waals surface area contributed by atoms with E-state index in [1.807, 2.05) is 0 Å². The molecule has 0 unspecified atom stereocenters. The number of halogens is 3. The Bertz CT molecular complexity index is 555. The van der Waals surface area contributed by atoms with Crippen molar-refractivity contribution in [2.75, 3.05) is 0 Å². The van der Waals surface area contributed by atoms with Crippen molar-refractivity contribution in [3.05, 3.63) is 16.9 Å². The molecule has 1 amide bonds. The first-order chi connectivity index (χ1) is 9.24.